The van der Waals surface area contributed by atoms with E-state index >= 15 is 0 Å². The van der Waals surface area contributed by atoms with E-state index in [-0.39, 0.29) is 6.61 Å². The Kier molecular flexibility index (Phi) is 4.74. The summed E-state index contributed by atoms with van der Waals surface area (Å²) in [4.78, 5) is 0. The smallest absolute Gasteiger partial charge is 0.136 e. The molecule has 0 saturated heterocycles. The predicted molar refractivity (Wildman–Crippen MR) is 76.1 cm³/mol. The molecule has 0 radical (unpaired) electrons. The fourth-order valence-corrected chi connectivity index (χ4v) is 2.22. The van der Waals surface area contributed by atoms with Gasteiger partial charge in [-0.3, -0.25) is 0 Å². The highest BCUT2D eigenvalue weighted by atomic mass is 32.1. The van der Waals surface area contributed by atoms with Crippen molar-refractivity contribution in [3.05, 3.63) is 29.5 Å². The number of hydrogen-bond acceptors (Lipinski definition) is 7. The number of ether oxygens (including phenoxy) is 2. The summed E-state index contributed by atoms with van der Waals surface area (Å²) < 4.78 is 14.7. The van der Waals surface area contributed by atoms with E-state index in [2.05, 4.69) is 21.0 Å². The molecule has 0 aliphatic carbocycles. The summed E-state index contributed by atoms with van der Waals surface area (Å²) >= 11 is 1.30. The molecule has 2 rings (SSSR count). The SMILES string of the molecule is CCNc1snnc1COc1cc(C#N)cc(OC)c1. The summed E-state index contributed by atoms with van der Waals surface area (Å²) in [5.74, 6) is 1.15. The molecule has 1 aromatic carbocycles. The average molecular weight is 290 g/mol. The molecule has 7 heteroatoms. The van der Waals surface area contributed by atoms with Gasteiger partial charge in [-0.2, -0.15) is 5.26 Å². The summed E-state index contributed by atoms with van der Waals surface area (Å²) in [6.45, 7) is 3.09. The van der Waals surface area contributed by atoms with E-state index in [1.54, 1.807) is 25.3 Å². The lowest BCUT2D eigenvalue weighted by Crippen LogP contribution is -2.02. The number of hydrogen-bond donors (Lipinski definition) is 1. The van der Waals surface area contributed by atoms with Gasteiger partial charge in [-0.15, -0.1) is 5.10 Å². The third-order valence-electron chi connectivity index (χ3n) is 2.51. The second kappa shape index (κ2) is 6.73. The largest absolute Gasteiger partial charge is 0.497 e. The molecule has 0 amide bonds. The van der Waals surface area contributed by atoms with E-state index < -0.39 is 0 Å². The van der Waals surface area contributed by atoms with Gasteiger partial charge >= 0.3 is 0 Å². The Morgan fingerprint density at radius 1 is 1.35 bits per heavy atom. The second-order valence-electron chi connectivity index (χ2n) is 3.88. The van der Waals surface area contributed by atoms with Crippen LogP contribution in [0.1, 0.15) is 18.2 Å². The number of benzene rings is 1. The first-order valence-corrected chi connectivity index (χ1v) is 6.81. The van der Waals surface area contributed by atoms with Crippen LogP contribution < -0.4 is 14.8 Å². The van der Waals surface area contributed by atoms with E-state index in [1.807, 2.05) is 6.92 Å². The van der Waals surface area contributed by atoms with E-state index in [1.165, 1.54) is 11.5 Å². The van der Waals surface area contributed by atoms with Crippen LogP contribution in [0.3, 0.4) is 0 Å². The molecule has 1 aromatic heterocycles. The highest BCUT2D eigenvalue weighted by molar-refractivity contribution is 7.10. The van der Waals surface area contributed by atoms with Crippen LogP contribution in [0.4, 0.5) is 5.00 Å². The van der Waals surface area contributed by atoms with E-state index in [0.717, 1.165) is 17.2 Å². The Bertz CT molecular complexity index is 621. The Morgan fingerprint density at radius 3 is 2.85 bits per heavy atom. The number of rotatable bonds is 6. The number of aromatic nitrogens is 2. The van der Waals surface area contributed by atoms with Crippen LogP contribution in [0.5, 0.6) is 11.5 Å². The Hall–Kier alpha value is -2.33. The fraction of sp³-hybridized carbons (Fsp3) is 0.308. The van der Waals surface area contributed by atoms with Crippen molar-refractivity contribution in [1.82, 2.24) is 9.59 Å². The molecule has 0 fully saturated rings. The molecular formula is C13H14N4O2S. The monoisotopic (exact) mass is 290 g/mol. The Morgan fingerprint density at radius 2 is 2.15 bits per heavy atom. The summed E-state index contributed by atoms with van der Waals surface area (Å²) in [5.41, 5.74) is 1.24. The topological polar surface area (TPSA) is 80.1 Å². The minimum atomic E-state index is 0.289. The highest BCUT2D eigenvalue weighted by Crippen LogP contribution is 2.24. The minimum Gasteiger partial charge on any atom is -0.497 e. The van der Waals surface area contributed by atoms with Crippen LogP contribution in [-0.2, 0) is 6.61 Å². The number of nitriles is 1. The van der Waals surface area contributed by atoms with Gasteiger partial charge in [0.05, 0.1) is 18.7 Å². The molecule has 0 unspecified atom stereocenters. The lowest BCUT2D eigenvalue weighted by Gasteiger charge is -2.08. The second-order valence-corrected chi connectivity index (χ2v) is 4.63. The number of methoxy groups -OCH3 is 1. The standard InChI is InChI=1S/C13H14N4O2S/c1-3-15-13-12(16-17-20-13)8-19-11-5-9(7-14)4-10(6-11)18-2/h4-6,15H,3,8H2,1-2H3. The van der Waals surface area contributed by atoms with Crippen molar-refractivity contribution in [3.8, 4) is 17.6 Å². The van der Waals surface area contributed by atoms with Crippen LogP contribution in [0, 0.1) is 11.3 Å². The van der Waals surface area contributed by atoms with Crippen molar-refractivity contribution in [2.24, 2.45) is 0 Å². The molecule has 0 aliphatic rings. The number of nitrogens with one attached hydrogen (secondary N) is 1. The molecule has 104 valence electrons. The zero-order valence-corrected chi connectivity index (χ0v) is 12.0. The van der Waals surface area contributed by atoms with Crippen LogP contribution in [0.2, 0.25) is 0 Å². The first kappa shape index (κ1) is 14.1. The van der Waals surface area contributed by atoms with Gasteiger partial charge in [0.1, 0.15) is 28.8 Å². The van der Waals surface area contributed by atoms with Crippen molar-refractivity contribution in [2.45, 2.75) is 13.5 Å². The van der Waals surface area contributed by atoms with Crippen LogP contribution in [0.25, 0.3) is 0 Å². The number of anilines is 1. The molecular weight excluding hydrogens is 276 g/mol. The quantitative estimate of drug-likeness (QED) is 0.880. The Balaban J connectivity index is 2.10. The predicted octanol–water partition coefficient (Wildman–Crippen LogP) is 2.43. The molecule has 6 nitrogen and oxygen atoms in total. The molecule has 1 heterocycles. The molecule has 0 bridgehead atoms. The molecule has 0 atom stereocenters. The zero-order chi connectivity index (χ0) is 14.4. The van der Waals surface area contributed by atoms with Gasteiger partial charge in [-0.25, -0.2) is 0 Å². The summed E-state index contributed by atoms with van der Waals surface area (Å²) in [6.07, 6.45) is 0. The molecule has 1 N–H and O–H groups in total. The Labute approximate surface area is 121 Å². The average Bonchev–Trinajstić information content (AvgIpc) is 2.92. The maximum absolute atomic E-state index is 8.96. The van der Waals surface area contributed by atoms with Crippen LogP contribution in [0.15, 0.2) is 18.2 Å². The summed E-state index contributed by atoms with van der Waals surface area (Å²) in [7, 11) is 1.55. The summed E-state index contributed by atoms with van der Waals surface area (Å²) in [5, 5.41) is 17.0. The van der Waals surface area contributed by atoms with Gasteiger partial charge in [0, 0.05) is 24.1 Å². The molecule has 0 aliphatic heterocycles. The van der Waals surface area contributed by atoms with Gasteiger partial charge in [-0.05, 0) is 19.1 Å². The van der Waals surface area contributed by atoms with Crippen LogP contribution in [-0.4, -0.2) is 23.2 Å². The minimum absolute atomic E-state index is 0.289. The van der Waals surface area contributed by atoms with Crippen molar-refractivity contribution >= 4 is 16.5 Å². The lowest BCUT2D eigenvalue weighted by molar-refractivity contribution is 0.299. The normalized spacial score (nSPS) is 9.85. The van der Waals surface area contributed by atoms with Crippen molar-refractivity contribution in [2.75, 3.05) is 19.0 Å². The summed E-state index contributed by atoms with van der Waals surface area (Å²) in [6, 6.07) is 7.11. The van der Waals surface area contributed by atoms with Crippen molar-refractivity contribution in [1.29, 1.82) is 5.26 Å². The van der Waals surface area contributed by atoms with Crippen LogP contribution >= 0.6 is 11.5 Å². The van der Waals surface area contributed by atoms with Crippen molar-refractivity contribution in [3.63, 3.8) is 0 Å². The first-order valence-electron chi connectivity index (χ1n) is 6.04. The molecule has 0 spiro atoms. The third-order valence-corrected chi connectivity index (χ3v) is 3.24. The van der Waals surface area contributed by atoms with E-state index in [4.69, 9.17) is 14.7 Å². The molecule has 0 saturated carbocycles. The van der Waals surface area contributed by atoms with Gasteiger partial charge < -0.3 is 14.8 Å². The zero-order valence-electron chi connectivity index (χ0n) is 11.2. The molecule has 20 heavy (non-hydrogen) atoms. The molecule has 2 aromatic rings. The van der Waals surface area contributed by atoms with Gasteiger partial charge in [0.25, 0.3) is 0 Å². The van der Waals surface area contributed by atoms with Gasteiger partial charge in [0.2, 0.25) is 0 Å². The number of nitrogens with zero attached hydrogens (tertiary/aromatic N) is 3. The van der Waals surface area contributed by atoms with E-state index in [0.29, 0.717) is 17.1 Å². The lowest BCUT2D eigenvalue weighted by atomic mass is 10.2. The van der Waals surface area contributed by atoms with Crippen molar-refractivity contribution < 1.29 is 9.47 Å². The first-order chi connectivity index (χ1) is 9.76. The highest BCUT2D eigenvalue weighted by Gasteiger charge is 2.09. The third kappa shape index (κ3) is 3.36. The maximum Gasteiger partial charge on any atom is 0.136 e. The fourth-order valence-electron chi connectivity index (χ4n) is 1.59. The van der Waals surface area contributed by atoms with Gasteiger partial charge in [-0.1, -0.05) is 4.49 Å². The van der Waals surface area contributed by atoms with E-state index in [9.17, 15) is 0 Å². The van der Waals surface area contributed by atoms with Gasteiger partial charge in [0.15, 0.2) is 0 Å². The maximum atomic E-state index is 8.96.